The average molecular weight is 414 g/mol. The number of carboxylic acid groups (broad SMARTS) is 1. The first-order valence-corrected chi connectivity index (χ1v) is 11.2. The molecule has 0 spiro atoms. The standard InChI is InChI=1S/C19H31N3O3S2/c1-18(2,3)12-19(4,5)20-10-13-6-7-15(23)22(13)8-9-26-17-21-14(11-27-17)16(24)25/h11,13,20H,6-10,12H2,1-5H3,(H,24,25). The topological polar surface area (TPSA) is 82.5 Å². The molecule has 2 rings (SSSR count). The summed E-state index contributed by atoms with van der Waals surface area (Å²) in [5, 5.41) is 14.1. The molecule has 1 aromatic heterocycles. The second kappa shape index (κ2) is 8.92. The van der Waals surface area contributed by atoms with Crippen molar-refractivity contribution in [1.29, 1.82) is 0 Å². The second-order valence-corrected chi connectivity index (χ2v) is 11.1. The minimum atomic E-state index is -1.00. The van der Waals surface area contributed by atoms with Crippen molar-refractivity contribution in [2.45, 2.75) is 69.8 Å². The lowest BCUT2D eigenvalue weighted by atomic mass is 9.81. The van der Waals surface area contributed by atoms with E-state index in [-0.39, 0.29) is 28.6 Å². The number of likely N-dealkylation sites (tertiary alicyclic amines) is 1. The Morgan fingerprint density at radius 3 is 2.70 bits per heavy atom. The number of thiazole rings is 1. The van der Waals surface area contributed by atoms with Crippen molar-refractivity contribution in [2.24, 2.45) is 5.41 Å². The second-order valence-electron chi connectivity index (χ2n) is 8.93. The summed E-state index contributed by atoms with van der Waals surface area (Å²) >= 11 is 2.85. The maximum Gasteiger partial charge on any atom is 0.355 e. The highest BCUT2D eigenvalue weighted by Crippen LogP contribution is 2.28. The Kier molecular flexibility index (Phi) is 7.33. The zero-order valence-corrected chi connectivity index (χ0v) is 18.5. The number of thioether (sulfide) groups is 1. The normalized spacial score (nSPS) is 18.3. The molecular formula is C19H31N3O3S2. The Labute approximate surface area is 170 Å². The van der Waals surface area contributed by atoms with Crippen LogP contribution in [0.25, 0.3) is 0 Å². The maximum atomic E-state index is 12.3. The van der Waals surface area contributed by atoms with Crippen LogP contribution in [0.4, 0.5) is 0 Å². The first-order valence-electron chi connectivity index (χ1n) is 9.33. The van der Waals surface area contributed by atoms with E-state index in [0.29, 0.717) is 13.0 Å². The number of nitrogens with zero attached hydrogens (tertiary/aromatic N) is 2. The molecule has 1 aliphatic heterocycles. The number of amides is 1. The van der Waals surface area contributed by atoms with Gasteiger partial charge in [0.2, 0.25) is 5.91 Å². The molecule has 1 aromatic rings. The number of aromatic nitrogens is 1. The van der Waals surface area contributed by atoms with Crippen LogP contribution in [-0.2, 0) is 4.79 Å². The average Bonchev–Trinajstić information content (AvgIpc) is 3.11. The van der Waals surface area contributed by atoms with Gasteiger partial charge in [0.15, 0.2) is 10.0 Å². The van der Waals surface area contributed by atoms with Gasteiger partial charge < -0.3 is 15.3 Å². The minimum absolute atomic E-state index is 0.0262. The summed E-state index contributed by atoms with van der Waals surface area (Å²) in [6.45, 7) is 12.6. The number of rotatable bonds is 9. The molecule has 1 amide bonds. The largest absolute Gasteiger partial charge is 0.476 e. The van der Waals surface area contributed by atoms with E-state index >= 15 is 0 Å². The molecule has 1 fully saturated rings. The van der Waals surface area contributed by atoms with E-state index in [1.807, 2.05) is 4.90 Å². The third-order valence-electron chi connectivity index (χ3n) is 4.50. The van der Waals surface area contributed by atoms with Gasteiger partial charge >= 0.3 is 5.97 Å². The van der Waals surface area contributed by atoms with Gasteiger partial charge in [-0.2, -0.15) is 0 Å². The predicted molar refractivity (Wildman–Crippen MR) is 111 cm³/mol. The number of hydrogen-bond donors (Lipinski definition) is 2. The van der Waals surface area contributed by atoms with E-state index in [1.165, 1.54) is 23.1 Å². The third kappa shape index (κ3) is 7.08. The van der Waals surface area contributed by atoms with Gasteiger partial charge in [0.1, 0.15) is 0 Å². The summed E-state index contributed by atoms with van der Waals surface area (Å²) in [6.07, 6.45) is 2.56. The van der Waals surface area contributed by atoms with Crippen LogP contribution in [0, 0.1) is 5.41 Å². The fourth-order valence-corrected chi connectivity index (χ4v) is 5.56. The molecule has 2 heterocycles. The van der Waals surface area contributed by atoms with E-state index in [2.05, 4.69) is 44.9 Å². The summed E-state index contributed by atoms with van der Waals surface area (Å²) in [6, 6.07) is 0.225. The summed E-state index contributed by atoms with van der Waals surface area (Å²) in [5.74, 6) is -0.0709. The summed E-state index contributed by atoms with van der Waals surface area (Å²) in [5.41, 5.74) is 0.363. The number of carbonyl (C=O) groups excluding carboxylic acids is 1. The molecule has 2 N–H and O–H groups in total. The molecule has 6 nitrogen and oxygen atoms in total. The molecule has 152 valence electrons. The Morgan fingerprint density at radius 2 is 2.11 bits per heavy atom. The molecular weight excluding hydrogens is 382 g/mol. The fraction of sp³-hybridized carbons (Fsp3) is 0.737. The molecule has 27 heavy (non-hydrogen) atoms. The van der Waals surface area contributed by atoms with Crippen LogP contribution in [0.2, 0.25) is 0 Å². The molecule has 0 aliphatic carbocycles. The van der Waals surface area contributed by atoms with Crippen molar-refractivity contribution in [3.63, 3.8) is 0 Å². The first kappa shape index (κ1) is 22.2. The number of carboxylic acids is 1. The van der Waals surface area contributed by atoms with E-state index in [1.54, 1.807) is 5.38 Å². The minimum Gasteiger partial charge on any atom is -0.476 e. The van der Waals surface area contributed by atoms with Crippen LogP contribution in [0.3, 0.4) is 0 Å². The van der Waals surface area contributed by atoms with Crippen molar-refractivity contribution in [3.05, 3.63) is 11.1 Å². The monoisotopic (exact) mass is 413 g/mol. The number of hydrogen-bond acceptors (Lipinski definition) is 6. The number of aromatic carboxylic acids is 1. The molecule has 0 aromatic carbocycles. The summed E-state index contributed by atoms with van der Waals surface area (Å²) in [7, 11) is 0. The first-order chi connectivity index (χ1) is 12.5. The van der Waals surface area contributed by atoms with Gasteiger partial charge in [-0.1, -0.05) is 32.5 Å². The van der Waals surface area contributed by atoms with Crippen LogP contribution in [0.5, 0.6) is 0 Å². The lowest BCUT2D eigenvalue weighted by Gasteiger charge is -2.35. The van der Waals surface area contributed by atoms with Crippen molar-refractivity contribution in [2.75, 3.05) is 18.8 Å². The molecule has 0 radical (unpaired) electrons. The number of carbonyl (C=O) groups is 2. The van der Waals surface area contributed by atoms with Crippen LogP contribution in [-0.4, -0.2) is 57.3 Å². The van der Waals surface area contributed by atoms with E-state index in [9.17, 15) is 9.59 Å². The lowest BCUT2D eigenvalue weighted by molar-refractivity contribution is -0.128. The van der Waals surface area contributed by atoms with Gasteiger partial charge in [0.25, 0.3) is 0 Å². The van der Waals surface area contributed by atoms with Crippen LogP contribution in [0.15, 0.2) is 9.72 Å². The van der Waals surface area contributed by atoms with Gasteiger partial charge in [0, 0.05) is 42.2 Å². The van der Waals surface area contributed by atoms with Crippen LogP contribution < -0.4 is 5.32 Å². The number of nitrogens with one attached hydrogen (secondary N) is 1. The Bertz CT molecular complexity index is 667. The van der Waals surface area contributed by atoms with Gasteiger partial charge in [-0.15, -0.1) is 11.3 Å². The van der Waals surface area contributed by atoms with E-state index in [4.69, 9.17) is 5.11 Å². The van der Waals surface area contributed by atoms with Gasteiger partial charge in [0.05, 0.1) is 0 Å². The highest BCUT2D eigenvalue weighted by atomic mass is 32.2. The van der Waals surface area contributed by atoms with Crippen molar-refractivity contribution >= 4 is 35.0 Å². The van der Waals surface area contributed by atoms with Gasteiger partial charge in [-0.25, -0.2) is 9.78 Å². The molecule has 1 aliphatic rings. The lowest BCUT2D eigenvalue weighted by Crippen LogP contribution is -2.49. The predicted octanol–water partition coefficient (Wildman–Crippen LogP) is 3.73. The Morgan fingerprint density at radius 1 is 1.41 bits per heavy atom. The van der Waals surface area contributed by atoms with Crippen molar-refractivity contribution in [1.82, 2.24) is 15.2 Å². The summed E-state index contributed by atoms with van der Waals surface area (Å²) in [4.78, 5) is 29.2. The van der Waals surface area contributed by atoms with Crippen LogP contribution >= 0.6 is 23.1 Å². The Hall–Kier alpha value is -1.12. The smallest absolute Gasteiger partial charge is 0.355 e. The van der Waals surface area contributed by atoms with E-state index < -0.39 is 5.97 Å². The molecule has 0 bridgehead atoms. The molecule has 8 heteroatoms. The molecule has 0 saturated carbocycles. The third-order valence-corrected chi connectivity index (χ3v) is 6.50. The van der Waals surface area contributed by atoms with Gasteiger partial charge in [-0.3, -0.25) is 4.79 Å². The van der Waals surface area contributed by atoms with Crippen molar-refractivity contribution < 1.29 is 14.7 Å². The Balaban J connectivity index is 1.83. The maximum absolute atomic E-state index is 12.3. The van der Waals surface area contributed by atoms with Crippen LogP contribution in [0.1, 0.15) is 64.4 Å². The zero-order chi connectivity index (χ0) is 20.2. The molecule has 1 saturated heterocycles. The van der Waals surface area contributed by atoms with Crippen molar-refractivity contribution in [3.8, 4) is 0 Å². The SMILES string of the molecule is CC(C)(C)CC(C)(C)NCC1CCC(=O)N1CCSc1nc(C(=O)O)cs1. The zero-order valence-electron chi connectivity index (χ0n) is 16.9. The molecule has 1 atom stereocenters. The highest BCUT2D eigenvalue weighted by molar-refractivity contribution is 8.01. The highest BCUT2D eigenvalue weighted by Gasteiger charge is 2.32. The quantitative estimate of drug-likeness (QED) is 0.600. The fourth-order valence-electron chi connectivity index (χ4n) is 3.75. The molecule has 1 unspecified atom stereocenters. The van der Waals surface area contributed by atoms with Gasteiger partial charge in [-0.05, 0) is 32.1 Å². The summed E-state index contributed by atoms with van der Waals surface area (Å²) < 4.78 is 0.736. The van der Waals surface area contributed by atoms with E-state index in [0.717, 1.165) is 29.5 Å².